The van der Waals surface area contributed by atoms with Gasteiger partial charge in [-0.05, 0) is 35.0 Å². The van der Waals surface area contributed by atoms with Crippen LogP contribution in [-0.2, 0) is 4.74 Å². The Labute approximate surface area is 126 Å². The summed E-state index contributed by atoms with van der Waals surface area (Å²) in [6, 6.07) is 7.36. The summed E-state index contributed by atoms with van der Waals surface area (Å²) < 4.78 is 5.75. The quantitative estimate of drug-likeness (QED) is 0.830. The summed E-state index contributed by atoms with van der Waals surface area (Å²) in [4.78, 5) is 27.4. The predicted molar refractivity (Wildman–Crippen MR) is 78.6 cm³/mol. The molecule has 2 rings (SSSR count). The monoisotopic (exact) mass is 340 g/mol. The minimum Gasteiger partial charge on any atom is -0.450 e. The maximum absolute atomic E-state index is 12.4. The summed E-state index contributed by atoms with van der Waals surface area (Å²) in [5.74, 6) is -0.0130. The SMILES string of the molecule is CCOC(=O)N1CCN(C(=O)c2ccccc2Br)CC1. The van der Waals surface area contributed by atoms with Gasteiger partial charge in [0.2, 0.25) is 0 Å². The highest BCUT2D eigenvalue weighted by molar-refractivity contribution is 9.10. The van der Waals surface area contributed by atoms with Gasteiger partial charge in [-0.25, -0.2) is 4.79 Å². The number of hydrogen-bond donors (Lipinski definition) is 0. The van der Waals surface area contributed by atoms with Crippen LogP contribution < -0.4 is 0 Å². The first-order chi connectivity index (χ1) is 9.63. The van der Waals surface area contributed by atoms with Crippen molar-refractivity contribution in [2.45, 2.75) is 6.92 Å². The van der Waals surface area contributed by atoms with Crippen molar-refractivity contribution in [2.75, 3.05) is 32.8 Å². The van der Waals surface area contributed by atoms with Crippen LogP contribution >= 0.6 is 15.9 Å². The van der Waals surface area contributed by atoms with Gasteiger partial charge >= 0.3 is 6.09 Å². The van der Waals surface area contributed by atoms with Crippen LogP contribution in [0.25, 0.3) is 0 Å². The minimum absolute atomic E-state index is 0.0130. The molecule has 0 radical (unpaired) electrons. The second kappa shape index (κ2) is 6.74. The van der Waals surface area contributed by atoms with Crippen molar-refractivity contribution >= 4 is 27.9 Å². The number of amides is 2. The molecule has 6 heteroatoms. The summed E-state index contributed by atoms with van der Waals surface area (Å²) in [7, 11) is 0. The van der Waals surface area contributed by atoms with Crippen LogP contribution in [0.15, 0.2) is 28.7 Å². The third-order valence-corrected chi connectivity index (χ3v) is 3.89. The molecule has 1 heterocycles. The van der Waals surface area contributed by atoms with Crippen LogP contribution in [0.4, 0.5) is 4.79 Å². The Morgan fingerprint density at radius 3 is 2.35 bits per heavy atom. The number of piperazine rings is 1. The fourth-order valence-corrected chi connectivity index (χ4v) is 2.57. The molecule has 1 fully saturated rings. The zero-order chi connectivity index (χ0) is 14.5. The van der Waals surface area contributed by atoms with Gasteiger partial charge < -0.3 is 14.5 Å². The molecule has 1 aromatic carbocycles. The van der Waals surface area contributed by atoms with Crippen molar-refractivity contribution in [1.29, 1.82) is 0 Å². The number of nitrogens with zero attached hydrogens (tertiary/aromatic N) is 2. The molecule has 0 saturated carbocycles. The molecule has 1 aromatic rings. The van der Waals surface area contributed by atoms with Gasteiger partial charge in [0.25, 0.3) is 5.91 Å². The number of carbonyl (C=O) groups excluding carboxylic acids is 2. The highest BCUT2D eigenvalue weighted by atomic mass is 79.9. The van der Waals surface area contributed by atoms with Gasteiger partial charge in [-0.1, -0.05) is 12.1 Å². The van der Waals surface area contributed by atoms with Gasteiger partial charge in [0.05, 0.1) is 12.2 Å². The van der Waals surface area contributed by atoms with Crippen molar-refractivity contribution < 1.29 is 14.3 Å². The lowest BCUT2D eigenvalue weighted by atomic mass is 10.2. The van der Waals surface area contributed by atoms with Crippen molar-refractivity contribution in [1.82, 2.24) is 9.80 Å². The average molecular weight is 341 g/mol. The van der Waals surface area contributed by atoms with Crippen LogP contribution in [0.1, 0.15) is 17.3 Å². The molecule has 0 spiro atoms. The molecule has 0 N–H and O–H groups in total. The third-order valence-electron chi connectivity index (χ3n) is 3.20. The maximum Gasteiger partial charge on any atom is 0.409 e. The van der Waals surface area contributed by atoms with Gasteiger partial charge in [0.1, 0.15) is 0 Å². The standard InChI is InChI=1S/C14H17BrN2O3/c1-2-20-14(19)17-9-7-16(8-10-17)13(18)11-5-3-4-6-12(11)15/h3-6H,2,7-10H2,1H3. The van der Waals surface area contributed by atoms with E-state index in [0.29, 0.717) is 38.3 Å². The molecule has 1 aliphatic rings. The van der Waals surface area contributed by atoms with E-state index in [1.54, 1.807) is 22.8 Å². The number of benzene rings is 1. The van der Waals surface area contributed by atoms with Crippen LogP contribution in [0.5, 0.6) is 0 Å². The van der Waals surface area contributed by atoms with E-state index in [4.69, 9.17) is 4.74 Å². The molecule has 1 saturated heterocycles. The van der Waals surface area contributed by atoms with Crippen LogP contribution in [0, 0.1) is 0 Å². The fraction of sp³-hybridized carbons (Fsp3) is 0.429. The molecule has 5 nitrogen and oxygen atoms in total. The molecule has 0 bridgehead atoms. The molecule has 0 atom stereocenters. The Morgan fingerprint density at radius 2 is 1.75 bits per heavy atom. The van der Waals surface area contributed by atoms with Gasteiger partial charge in [0.15, 0.2) is 0 Å². The van der Waals surface area contributed by atoms with Crippen LogP contribution in [0.2, 0.25) is 0 Å². The molecule has 108 valence electrons. The van der Waals surface area contributed by atoms with Crippen LogP contribution in [-0.4, -0.2) is 54.6 Å². The summed E-state index contributed by atoms with van der Waals surface area (Å²) in [6.45, 7) is 4.22. The first kappa shape index (κ1) is 14.8. The number of halogens is 1. The van der Waals surface area contributed by atoms with Gasteiger partial charge in [-0.3, -0.25) is 4.79 Å². The first-order valence-corrected chi connectivity index (χ1v) is 7.38. The van der Waals surface area contributed by atoms with E-state index in [0.717, 1.165) is 4.47 Å². The summed E-state index contributed by atoms with van der Waals surface area (Å²) in [6.07, 6.45) is -0.305. The summed E-state index contributed by atoms with van der Waals surface area (Å²) in [5.41, 5.74) is 0.650. The normalized spacial score (nSPS) is 15.1. The highest BCUT2D eigenvalue weighted by Gasteiger charge is 2.26. The first-order valence-electron chi connectivity index (χ1n) is 6.59. The summed E-state index contributed by atoms with van der Waals surface area (Å²) >= 11 is 3.39. The average Bonchev–Trinajstić information content (AvgIpc) is 2.47. The zero-order valence-corrected chi connectivity index (χ0v) is 12.9. The van der Waals surface area contributed by atoms with E-state index >= 15 is 0 Å². The molecule has 0 aliphatic carbocycles. The molecule has 2 amide bonds. The molecular formula is C14H17BrN2O3. The maximum atomic E-state index is 12.4. The number of ether oxygens (including phenoxy) is 1. The van der Waals surface area contributed by atoms with Gasteiger partial charge in [0, 0.05) is 30.7 Å². The topological polar surface area (TPSA) is 49.9 Å². The van der Waals surface area contributed by atoms with E-state index in [2.05, 4.69) is 15.9 Å². The molecular weight excluding hydrogens is 324 g/mol. The van der Waals surface area contributed by atoms with Gasteiger partial charge in [-0.2, -0.15) is 0 Å². The van der Waals surface area contributed by atoms with Crippen molar-refractivity contribution in [2.24, 2.45) is 0 Å². The van der Waals surface area contributed by atoms with E-state index in [1.165, 1.54) is 0 Å². The molecule has 0 aromatic heterocycles. The van der Waals surface area contributed by atoms with Gasteiger partial charge in [-0.15, -0.1) is 0 Å². The Balaban J connectivity index is 1.96. The van der Waals surface area contributed by atoms with Crippen molar-refractivity contribution in [3.63, 3.8) is 0 Å². The third kappa shape index (κ3) is 3.30. The number of rotatable bonds is 2. The van der Waals surface area contributed by atoms with E-state index in [-0.39, 0.29) is 12.0 Å². The number of hydrogen-bond acceptors (Lipinski definition) is 3. The van der Waals surface area contributed by atoms with Crippen LogP contribution in [0.3, 0.4) is 0 Å². The predicted octanol–water partition coefficient (Wildman–Crippen LogP) is 2.36. The minimum atomic E-state index is -0.305. The largest absolute Gasteiger partial charge is 0.450 e. The molecule has 0 unspecified atom stereocenters. The Bertz CT molecular complexity index is 499. The van der Waals surface area contributed by atoms with Crippen molar-refractivity contribution in [3.05, 3.63) is 34.3 Å². The second-order valence-electron chi connectivity index (χ2n) is 4.46. The van der Waals surface area contributed by atoms with E-state index in [1.807, 2.05) is 18.2 Å². The lowest BCUT2D eigenvalue weighted by Gasteiger charge is -2.34. The van der Waals surface area contributed by atoms with E-state index < -0.39 is 0 Å². The Morgan fingerprint density at radius 1 is 1.15 bits per heavy atom. The molecule has 1 aliphatic heterocycles. The summed E-state index contributed by atoms with van der Waals surface area (Å²) in [5, 5.41) is 0. The fourth-order valence-electron chi connectivity index (χ4n) is 2.11. The number of carbonyl (C=O) groups is 2. The van der Waals surface area contributed by atoms with E-state index in [9.17, 15) is 9.59 Å². The Hall–Kier alpha value is -1.56. The second-order valence-corrected chi connectivity index (χ2v) is 5.31. The van der Waals surface area contributed by atoms with Crippen molar-refractivity contribution in [3.8, 4) is 0 Å². The highest BCUT2D eigenvalue weighted by Crippen LogP contribution is 2.18. The lowest BCUT2D eigenvalue weighted by Crippen LogP contribution is -2.50. The molecule has 20 heavy (non-hydrogen) atoms. The zero-order valence-electron chi connectivity index (χ0n) is 11.3. The lowest BCUT2D eigenvalue weighted by molar-refractivity contribution is 0.0570. The Kier molecular flexibility index (Phi) is 5.00. The smallest absolute Gasteiger partial charge is 0.409 e.